The largest absolute Gasteiger partial charge is 0.481 e. The van der Waals surface area contributed by atoms with Crippen molar-refractivity contribution in [1.82, 2.24) is 0 Å². The Bertz CT molecular complexity index is 53.7. The van der Waals surface area contributed by atoms with Crippen molar-refractivity contribution < 1.29 is 9.90 Å². The van der Waals surface area contributed by atoms with E-state index in [0.29, 0.717) is 6.42 Å². The van der Waals surface area contributed by atoms with Gasteiger partial charge in [0.25, 0.3) is 0 Å². The molecule has 0 spiro atoms. The van der Waals surface area contributed by atoms with Crippen LogP contribution in [-0.2, 0) is 4.79 Å². The Balaban J connectivity index is 0. The molecule has 0 aromatic carbocycles. The fourth-order valence-corrected chi connectivity index (χ4v) is 0.214. The van der Waals surface area contributed by atoms with Gasteiger partial charge in [-0.05, 0) is 6.42 Å². The smallest absolute Gasteiger partial charge is 0.303 e. The van der Waals surface area contributed by atoms with Crippen molar-refractivity contribution in [3.8, 4) is 0 Å². The minimum Gasteiger partial charge on any atom is -0.481 e. The first kappa shape index (κ1) is 10.5. The molecule has 1 radical (unpaired) electrons. The molecule has 0 unspecified atom stereocenters. The molecule has 0 aliphatic carbocycles. The maximum Gasteiger partial charge on any atom is 0.303 e. The van der Waals surface area contributed by atoms with Crippen molar-refractivity contribution in [2.45, 2.75) is 19.8 Å². The first-order valence-corrected chi connectivity index (χ1v) is 1.99. The quantitative estimate of drug-likeness (QED) is 0.418. The van der Waals surface area contributed by atoms with Crippen molar-refractivity contribution in [1.29, 1.82) is 0 Å². The van der Waals surface area contributed by atoms with Crippen LogP contribution in [0.5, 0.6) is 0 Å². The molecule has 37 valence electrons. The molecule has 0 aromatic rings. The number of carboxylic acids is 1. The zero-order chi connectivity index (χ0) is 4.99. The van der Waals surface area contributed by atoms with E-state index in [4.69, 9.17) is 5.11 Å². The summed E-state index contributed by atoms with van der Waals surface area (Å²) in [6.45, 7) is 1.84. The number of aliphatic carboxylic acids is 1. The fourth-order valence-electron chi connectivity index (χ4n) is 0.214. The summed E-state index contributed by atoms with van der Waals surface area (Å²) in [5.41, 5.74) is 0. The van der Waals surface area contributed by atoms with Gasteiger partial charge in [0.2, 0.25) is 0 Å². The SMILES string of the molecule is [13CH3]C[13CH2]C(=O)O.[Na]. The third-order valence-corrected chi connectivity index (χ3v) is 0.464. The fraction of sp³-hybridized carbons (Fsp3) is 0.750. The Morgan fingerprint density at radius 3 is 2.14 bits per heavy atom. The van der Waals surface area contributed by atoms with E-state index in [9.17, 15) is 4.79 Å². The van der Waals surface area contributed by atoms with Crippen molar-refractivity contribution in [2.24, 2.45) is 0 Å². The predicted octanol–water partition coefficient (Wildman–Crippen LogP) is 0.490. The van der Waals surface area contributed by atoms with E-state index in [1.807, 2.05) is 6.92 Å². The summed E-state index contributed by atoms with van der Waals surface area (Å²) in [5.74, 6) is -0.711. The molecule has 0 aliphatic heterocycles. The van der Waals surface area contributed by atoms with Crippen molar-refractivity contribution >= 4 is 35.5 Å². The predicted molar refractivity (Wildman–Crippen MR) is 28.3 cm³/mol. The van der Waals surface area contributed by atoms with Crippen LogP contribution >= 0.6 is 0 Å². The van der Waals surface area contributed by atoms with Crippen LogP contribution in [0.2, 0.25) is 0 Å². The maximum absolute atomic E-state index is 9.60. The molecule has 0 fully saturated rings. The van der Waals surface area contributed by atoms with Crippen LogP contribution < -0.4 is 0 Å². The van der Waals surface area contributed by atoms with E-state index < -0.39 is 5.97 Å². The average Bonchev–Trinajstić information content (AvgIpc) is 1.35. The summed E-state index contributed by atoms with van der Waals surface area (Å²) in [6.07, 6.45) is 1.02. The maximum atomic E-state index is 9.60. The summed E-state index contributed by atoms with van der Waals surface area (Å²) in [6, 6.07) is 0. The van der Waals surface area contributed by atoms with Crippen LogP contribution in [0.25, 0.3) is 0 Å². The topological polar surface area (TPSA) is 37.3 Å². The monoisotopic (exact) mass is 113 g/mol. The normalized spacial score (nSPS) is 7.00. The standard InChI is InChI=1S/C4H8O2.Na/c1-2-3-4(5)6;/h2-3H2,1H3,(H,5,6);/i1+1,3+1;. The van der Waals surface area contributed by atoms with E-state index in [1.165, 1.54) is 0 Å². The van der Waals surface area contributed by atoms with Crippen LogP contribution in [-0.4, -0.2) is 40.6 Å². The van der Waals surface area contributed by atoms with Crippen molar-refractivity contribution in [3.63, 3.8) is 0 Å². The molecular formula is C4H8NaO2. The molecule has 3 heteroatoms. The third kappa shape index (κ3) is 10.7. The number of carboxylic acid groups (broad SMARTS) is 1. The second kappa shape index (κ2) is 6.47. The number of hydrogen-bond donors (Lipinski definition) is 1. The number of hydrogen-bond acceptors (Lipinski definition) is 1. The molecule has 2 nitrogen and oxygen atoms in total. The first-order valence-electron chi connectivity index (χ1n) is 1.99. The molecule has 0 aliphatic rings. The average molecular weight is 113 g/mol. The Hall–Kier alpha value is 0.470. The van der Waals surface area contributed by atoms with E-state index in [-0.39, 0.29) is 29.6 Å². The van der Waals surface area contributed by atoms with E-state index in [2.05, 4.69) is 0 Å². The van der Waals surface area contributed by atoms with Gasteiger partial charge < -0.3 is 5.11 Å². The molecule has 0 amide bonds. The number of rotatable bonds is 2. The summed E-state index contributed by atoms with van der Waals surface area (Å²) in [4.78, 5) is 9.60. The van der Waals surface area contributed by atoms with Gasteiger partial charge in [-0.1, -0.05) is 6.92 Å². The summed E-state index contributed by atoms with van der Waals surface area (Å²) in [7, 11) is 0. The number of carbonyl (C=O) groups is 1. The summed E-state index contributed by atoms with van der Waals surface area (Å²) >= 11 is 0. The van der Waals surface area contributed by atoms with Gasteiger partial charge in [-0.3, -0.25) is 4.79 Å². The Kier molecular flexibility index (Phi) is 9.66. The second-order valence-corrected chi connectivity index (χ2v) is 1.14. The molecule has 0 saturated carbocycles. The minimum atomic E-state index is -0.711. The van der Waals surface area contributed by atoms with Gasteiger partial charge >= 0.3 is 5.97 Å². The molecule has 0 atom stereocenters. The molecule has 0 rings (SSSR count). The van der Waals surface area contributed by atoms with Crippen LogP contribution in [0.4, 0.5) is 0 Å². The molecule has 0 bridgehead atoms. The molecule has 0 saturated heterocycles. The molecule has 0 aromatic heterocycles. The Labute approximate surface area is 65.2 Å². The van der Waals surface area contributed by atoms with Gasteiger partial charge in [0.1, 0.15) is 0 Å². The van der Waals surface area contributed by atoms with Gasteiger partial charge in [0.15, 0.2) is 0 Å². The molecule has 1 N–H and O–H groups in total. The Morgan fingerprint density at radius 1 is 1.71 bits per heavy atom. The molecule has 7 heavy (non-hydrogen) atoms. The van der Waals surface area contributed by atoms with Crippen molar-refractivity contribution in [2.75, 3.05) is 0 Å². The second-order valence-electron chi connectivity index (χ2n) is 1.14. The minimum absolute atomic E-state index is 0. The Morgan fingerprint density at radius 2 is 2.14 bits per heavy atom. The zero-order valence-corrected chi connectivity index (χ0v) is 6.77. The van der Waals surface area contributed by atoms with Gasteiger partial charge in [-0.2, -0.15) is 0 Å². The van der Waals surface area contributed by atoms with Crippen LogP contribution in [0, 0.1) is 0 Å². The molecular weight excluding hydrogens is 105 g/mol. The van der Waals surface area contributed by atoms with Gasteiger partial charge in [-0.25, -0.2) is 0 Å². The summed E-state index contributed by atoms with van der Waals surface area (Å²) < 4.78 is 0. The van der Waals surface area contributed by atoms with E-state index in [1.54, 1.807) is 0 Å². The first-order chi connectivity index (χ1) is 2.77. The van der Waals surface area contributed by atoms with E-state index >= 15 is 0 Å². The van der Waals surface area contributed by atoms with Gasteiger partial charge in [0.05, 0.1) is 0 Å². The molecule has 0 heterocycles. The van der Waals surface area contributed by atoms with Gasteiger partial charge in [0, 0.05) is 36.0 Å². The third-order valence-electron chi connectivity index (χ3n) is 0.464. The van der Waals surface area contributed by atoms with E-state index in [0.717, 1.165) is 6.42 Å². The van der Waals surface area contributed by atoms with Crippen LogP contribution in [0.15, 0.2) is 0 Å². The van der Waals surface area contributed by atoms with Crippen molar-refractivity contribution in [3.05, 3.63) is 0 Å². The van der Waals surface area contributed by atoms with Gasteiger partial charge in [-0.15, -0.1) is 0 Å². The van der Waals surface area contributed by atoms with Crippen LogP contribution in [0.3, 0.4) is 0 Å². The summed E-state index contributed by atoms with van der Waals surface area (Å²) in [5, 5.41) is 7.91. The van der Waals surface area contributed by atoms with Crippen LogP contribution in [0.1, 0.15) is 19.8 Å². The zero-order valence-electron chi connectivity index (χ0n) is 4.77.